The van der Waals surface area contributed by atoms with Crippen molar-refractivity contribution in [3.05, 3.63) is 53.8 Å². The number of carbonyl (C=O) groups excluding carboxylic acids is 1. The second-order valence-electron chi connectivity index (χ2n) is 5.50. The van der Waals surface area contributed by atoms with Crippen molar-refractivity contribution in [2.24, 2.45) is 0 Å². The van der Waals surface area contributed by atoms with Crippen molar-refractivity contribution in [3.8, 4) is 17.1 Å². The molecule has 2 N–H and O–H groups in total. The number of rotatable bonds is 6. The van der Waals surface area contributed by atoms with E-state index >= 15 is 0 Å². The van der Waals surface area contributed by atoms with E-state index in [-0.39, 0.29) is 17.5 Å². The molecule has 0 fully saturated rings. The van der Waals surface area contributed by atoms with Crippen LogP contribution in [0.5, 0.6) is 5.75 Å². The van der Waals surface area contributed by atoms with Crippen LogP contribution in [0.1, 0.15) is 5.56 Å². The fourth-order valence-corrected chi connectivity index (χ4v) is 2.88. The first-order chi connectivity index (χ1) is 12.5. The number of methoxy groups -OCH3 is 1. The van der Waals surface area contributed by atoms with Gasteiger partial charge in [0, 0.05) is 11.3 Å². The molecule has 0 aliphatic carbocycles. The van der Waals surface area contributed by atoms with E-state index in [2.05, 4.69) is 20.5 Å². The molecule has 0 aliphatic heterocycles. The summed E-state index contributed by atoms with van der Waals surface area (Å²) in [4.78, 5) is 15.2. The van der Waals surface area contributed by atoms with Crippen molar-refractivity contribution in [1.82, 2.24) is 15.2 Å². The third-order valence-electron chi connectivity index (χ3n) is 3.63. The molecule has 134 valence electrons. The Morgan fingerprint density at radius 2 is 2.00 bits per heavy atom. The predicted octanol–water partition coefficient (Wildman–Crippen LogP) is 3.66. The number of aryl methyl sites for hydroxylation is 1. The molecule has 1 heterocycles. The largest absolute Gasteiger partial charge is 0.497 e. The van der Waals surface area contributed by atoms with Gasteiger partial charge in [0.05, 0.1) is 12.9 Å². The van der Waals surface area contributed by atoms with Gasteiger partial charge in [-0.3, -0.25) is 4.79 Å². The van der Waals surface area contributed by atoms with Crippen LogP contribution in [0.3, 0.4) is 0 Å². The van der Waals surface area contributed by atoms with Gasteiger partial charge in [0.25, 0.3) is 0 Å². The average Bonchev–Trinajstić information content (AvgIpc) is 3.11. The minimum absolute atomic E-state index is 0.150. The van der Waals surface area contributed by atoms with Gasteiger partial charge < -0.3 is 15.0 Å². The number of halogens is 1. The summed E-state index contributed by atoms with van der Waals surface area (Å²) in [6.45, 7) is 1.90. The Morgan fingerprint density at radius 1 is 1.23 bits per heavy atom. The number of carbonyl (C=O) groups is 1. The third kappa shape index (κ3) is 4.40. The molecule has 0 atom stereocenters. The molecule has 1 amide bonds. The number of hydrogen-bond acceptors (Lipinski definition) is 5. The zero-order valence-corrected chi connectivity index (χ0v) is 15.1. The number of amides is 1. The van der Waals surface area contributed by atoms with E-state index in [0.29, 0.717) is 11.0 Å². The first-order valence-corrected chi connectivity index (χ1v) is 8.79. The number of thioether (sulfide) groups is 1. The fraction of sp³-hybridized carbons (Fsp3) is 0.167. The van der Waals surface area contributed by atoms with Crippen LogP contribution in [0.2, 0.25) is 0 Å². The zero-order chi connectivity index (χ0) is 18.5. The van der Waals surface area contributed by atoms with Gasteiger partial charge in [-0.15, -0.1) is 10.2 Å². The van der Waals surface area contributed by atoms with E-state index in [1.54, 1.807) is 31.4 Å². The Morgan fingerprint density at radius 3 is 2.69 bits per heavy atom. The minimum Gasteiger partial charge on any atom is -0.497 e. The molecule has 0 aliphatic rings. The van der Waals surface area contributed by atoms with Crippen molar-refractivity contribution >= 4 is 23.4 Å². The van der Waals surface area contributed by atoms with Gasteiger partial charge in [-0.2, -0.15) is 0 Å². The number of anilines is 1. The highest BCUT2D eigenvalue weighted by Gasteiger charge is 2.10. The van der Waals surface area contributed by atoms with E-state index in [1.807, 2.05) is 13.0 Å². The van der Waals surface area contributed by atoms with Gasteiger partial charge in [0.15, 0.2) is 11.0 Å². The van der Waals surface area contributed by atoms with E-state index in [1.165, 1.54) is 23.9 Å². The number of aromatic amines is 1. The Hall–Kier alpha value is -2.87. The maximum atomic E-state index is 13.0. The SMILES string of the molecule is COc1ccc(NC(=O)CSc2nnc(-c3ccc(F)cc3)[nH]2)c(C)c1. The molecular weight excluding hydrogens is 355 g/mol. The number of H-pyrrole nitrogens is 1. The summed E-state index contributed by atoms with van der Waals surface area (Å²) in [7, 11) is 1.60. The molecule has 3 aromatic rings. The van der Waals surface area contributed by atoms with Crippen LogP contribution < -0.4 is 10.1 Å². The summed E-state index contributed by atoms with van der Waals surface area (Å²) < 4.78 is 18.1. The van der Waals surface area contributed by atoms with Gasteiger partial charge in [0.1, 0.15) is 11.6 Å². The molecule has 0 unspecified atom stereocenters. The zero-order valence-electron chi connectivity index (χ0n) is 14.2. The Balaban J connectivity index is 1.57. The Kier molecular flexibility index (Phi) is 5.52. The van der Waals surface area contributed by atoms with Crippen LogP contribution in [0.25, 0.3) is 11.4 Å². The van der Waals surface area contributed by atoms with Crippen LogP contribution in [-0.2, 0) is 4.79 Å². The maximum absolute atomic E-state index is 13.0. The molecule has 0 spiro atoms. The smallest absolute Gasteiger partial charge is 0.234 e. The lowest BCUT2D eigenvalue weighted by Gasteiger charge is -2.09. The highest BCUT2D eigenvalue weighted by Crippen LogP contribution is 2.22. The highest BCUT2D eigenvalue weighted by molar-refractivity contribution is 7.99. The normalized spacial score (nSPS) is 10.6. The molecule has 8 heteroatoms. The average molecular weight is 372 g/mol. The van der Waals surface area contributed by atoms with E-state index in [0.717, 1.165) is 22.6 Å². The van der Waals surface area contributed by atoms with Gasteiger partial charge in [-0.05, 0) is 55.0 Å². The molecule has 6 nitrogen and oxygen atoms in total. The molecule has 0 bridgehead atoms. The molecular formula is C18H17FN4O2S. The van der Waals surface area contributed by atoms with Gasteiger partial charge in [0.2, 0.25) is 5.91 Å². The van der Waals surface area contributed by atoms with E-state index in [9.17, 15) is 9.18 Å². The lowest BCUT2D eigenvalue weighted by molar-refractivity contribution is -0.113. The first kappa shape index (κ1) is 17.9. The van der Waals surface area contributed by atoms with Crippen molar-refractivity contribution in [1.29, 1.82) is 0 Å². The summed E-state index contributed by atoms with van der Waals surface area (Å²) in [5.41, 5.74) is 2.38. The number of benzene rings is 2. The number of nitrogens with zero attached hydrogens (tertiary/aromatic N) is 2. The van der Waals surface area contributed by atoms with Crippen LogP contribution in [0.15, 0.2) is 47.6 Å². The van der Waals surface area contributed by atoms with E-state index in [4.69, 9.17) is 4.74 Å². The maximum Gasteiger partial charge on any atom is 0.234 e. The molecule has 3 rings (SSSR count). The number of ether oxygens (including phenoxy) is 1. The number of hydrogen-bond donors (Lipinski definition) is 2. The van der Waals surface area contributed by atoms with E-state index < -0.39 is 0 Å². The minimum atomic E-state index is -0.312. The molecule has 0 saturated carbocycles. The van der Waals surface area contributed by atoms with Crippen molar-refractivity contribution in [2.45, 2.75) is 12.1 Å². The van der Waals surface area contributed by atoms with Gasteiger partial charge >= 0.3 is 0 Å². The summed E-state index contributed by atoms with van der Waals surface area (Å²) >= 11 is 1.24. The predicted molar refractivity (Wildman–Crippen MR) is 98.9 cm³/mol. The monoisotopic (exact) mass is 372 g/mol. The second kappa shape index (κ2) is 8.01. The molecule has 26 heavy (non-hydrogen) atoms. The van der Waals surface area contributed by atoms with Crippen LogP contribution >= 0.6 is 11.8 Å². The standard InChI is InChI=1S/C18H17FN4O2S/c1-11-9-14(25-2)7-8-15(11)20-16(24)10-26-18-21-17(22-23-18)12-3-5-13(19)6-4-12/h3-9H,10H2,1-2H3,(H,20,24)(H,21,22,23). The first-order valence-electron chi connectivity index (χ1n) is 7.81. The summed E-state index contributed by atoms with van der Waals surface area (Å²) in [5, 5.41) is 11.4. The number of nitrogens with one attached hydrogen (secondary N) is 2. The fourth-order valence-electron chi connectivity index (χ4n) is 2.27. The number of aromatic nitrogens is 3. The lowest BCUT2D eigenvalue weighted by Crippen LogP contribution is -2.15. The van der Waals surface area contributed by atoms with Crippen LogP contribution in [-0.4, -0.2) is 34.0 Å². The Labute approximate surface area is 154 Å². The molecule has 2 aromatic carbocycles. The summed E-state index contributed by atoms with van der Waals surface area (Å²) in [6, 6.07) is 11.4. The van der Waals surface area contributed by atoms with Crippen molar-refractivity contribution < 1.29 is 13.9 Å². The van der Waals surface area contributed by atoms with Crippen LogP contribution in [0, 0.1) is 12.7 Å². The van der Waals surface area contributed by atoms with Crippen molar-refractivity contribution in [3.63, 3.8) is 0 Å². The summed E-state index contributed by atoms with van der Waals surface area (Å²) in [6.07, 6.45) is 0. The van der Waals surface area contributed by atoms with Gasteiger partial charge in [-0.1, -0.05) is 11.8 Å². The molecule has 1 aromatic heterocycles. The quantitative estimate of drug-likeness (QED) is 0.646. The Bertz CT molecular complexity index is 912. The van der Waals surface area contributed by atoms with Crippen LogP contribution in [0.4, 0.5) is 10.1 Å². The summed E-state index contributed by atoms with van der Waals surface area (Å²) in [5.74, 6) is 0.990. The highest BCUT2D eigenvalue weighted by atomic mass is 32.2. The molecule has 0 radical (unpaired) electrons. The van der Waals surface area contributed by atoms with Crippen molar-refractivity contribution in [2.75, 3.05) is 18.2 Å². The lowest BCUT2D eigenvalue weighted by atomic mass is 10.2. The topological polar surface area (TPSA) is 79.9 Å². The molecule has 0 saturated heterocycles. The van der Waals surface area contributed by atoms with Gasteiger partial charge in [-0.25, -0.2) is 4.39 Å². The third-order valence-corrected chi connectivity index (χ3v) is 4.50. The second-order valence-corrected chi connectivity index (χ2v) is 6.47.